The van der Waals surface area contributed by atoms with Gasteiger partial charge >= 0.3 is 0 Å². The van der Waals surface area contributed by atoms with Crippen LogP contribution in [-0.4, -0.2) is 51.8 Å². The number of aromatic nitrogens is 2. The SMILES string of the molecule is CSCC[C@H](NC(=O)[C@@H]1CC(=O)N(CC(C)C)C1)c1nc2ccccc2[nH]1. The van der Waals surface area contributed by atoms with Crippen LogP contribution in [0.25, 0.3) is 11.0 Å². The molecule has 0 radical (unpaired) electrons. The standard InChI is InChI=1S/C20H28N4O2S/c1-13(2)11-24-12-14(10-18(24)25)20(26)23-17(8-9-27-3)19-21-15-6-4-5-7-16(15)22-19/h4-7,13-14,17H,8-12H2,1-3H3,(H,21,22)(H,23,26)/t14-,17+/m1/s1. The number of fused-ring (bicyclic) bond motifs is 1. The fraction of sp³-hybridized carbons (Fsp3) is 0.550. The Morgan fingerprint density at radius 1 is 1.41 bits per heavy atom. The Morgan fingerprint density at radius 2 is 2.19 bits per heavy atom. The first-order valence-electron chi connectivity index (χ1n) is 9.49. The number of hydrogen-bond acceptors (Lipinski definition) is 4. The van der Waals surface area contributed by atoms with Crippen LogP contribution in [0.2, 0.25) is 0 Å². The van der Waals surface area contributed by atoms with Gasteiger partial charge in [0.15, 0.2) is 0 Å². The summed E-state index contributed by atoms with van der Waals surface area (Å²) in [5.41, 5.74) is 1.87. The number of amides is 2. The van der Waals surface area contributed by atoms with Crippen LogP contribution in [0.15, 0.2) is 24.3 Å². The molecule has 6 nitrogen and oxygen atoms in total. The lowest BCUT2D eigenvalue weighted by molar-refractivity contribution is -0.129. The molecule has 146 valence electrons. The summed E-state index contributed by atoms with van der Waals surface area (Å²) in [6.07, 6.45) is 3.15. The number of aromatic amines is 1. The van der Waals surface area contributed by atoms with Gasteiger partial charge in [0.05, 0.1) is 23.0 Å². The monoisotopic (exact) mass is 388 g/mol. The molecule has 0 spiro atoms. The number of imidazole rings is 1. The summed E-state index contributed by atoms with van der Waals surface area (Å²) >= 11 is 1.74. The molecule has 0 unspecified atom stereocenters. The molecule has 2 amide bonds. The Balaban J connectivity index is 1.70. The second-order valence-electron chi connectivity index (χ2n) is 7.58. The number of rotatable bonds is 8. The minimum Gasteiger partial charge on any atom is -0.346 e. The predicted octanol–water partition coefficient (Wildman–Crippen LogP) is 2.98. The molecule has 1 saturated heterocycles. The average Bonchev–Trinajstić information content (AvgIpc) is 3.22. The lowest BCUT2D eigenvalue weighted by Gasteiger charge is -2.20. The van der Waals surface area contributed by atoms with Crippen LogP contribution >= 0.6 is 11.8 Å². The molecule has 1 fully saturated rings. The van der Waals surface area contributed by atoms with Gasteiger partial charge in [-0.25, -0.2) is 4.98 Å². The zero-order chi connectivity index (χ0) is 19.4. The minimum atomic E-state index is -0.280. The van der Waals surface area contributed by atoms with Gasteiger partial charge in [0.25, 0.3) is 0 Å². The fourth-order valence-corrected chi connectivity index (χ4v) is 3.98. The first kappa shape index (κ1) is 19.7. The third-order valence-electron chi connectivity index (χ3n) is 4.84. The highest BCUT2D eigenvalue weighted by atomic mass is 32.2. The average molecular weight is 389 g/mol. The molecule has 1 aromatic carbocycles. The molecule has 2 heterocycles. The van der Waals surface area contributed by atoms with Gasteiger partial charge < -0.3 is 15.2 Å². The summed E-state index contributed by atoms with van der Waals surface area (Å²) in [4.78, 5) is 34.8. The Bertz CT molecular complexity index is 771. The lowest BCUT2D eigenvalue weighted by atomic mass is 10.1. The van der Waals surface area contributed by atoms with Crippen molar-refractivity contribution in [3.63, 3.8) is 0 Å². The summed E-state index contributed by atoms with van der Waals surface area (Å²) in [7, 11) is 0. The maximum absolute atomic E-state index is 12.8. The number of carbonyl (C=O) groups excluding carboxylic acids is 2. The quantitative estimate of drug-likeness (QED) is 0.729. The van der Waals surface area contributed by atoms with Crippen LogP contribution in [0, 0.1) is 11.8 Å². The number of H-pyrrole nitrogens is 1. The molecule has 2 aromatic rings. The van der Waals surface area contributed by atoms with E-state index in [1.807, 2.05) is 29.2 Å². The minimum absolute atomic E-state index is 0.0545. The number of nitrogens with zero attached hydrogens (tertiary/aromatic N) is 2. The van der Waals surface area contributed by atoms with Gasteiger partial charge in [-0.1, -0.05) is 26.0 Å². The number of likely N-dealkylation sites (tertiary alicyclic amines) is 1. The Labute approximate surface area is 164 Å². The van der Waals surface area contributed by atoms with Crippen molar-refractivity contribution in [3.05, 3.63) is 30.1 Å². The molecule has 0 bridgehead atoms. The lowest BCUT2D eigenvalue weighted by Crippen LogP contribution is -2.36. The number of benzene rings is 1. The molecule has 3 rings (SSSR count). The van der Waals surface area contributed by atoms with Crippen molar-refractivity contribution in [2.45, 2.75) is 32.7 Å². The molecule has 1 aliphatic rings. The Kier molecular flexibility index (Phi) is 6.42. The van der Waals surface area contributed by atoms with Crippen LogP contribution in [0.4, 0.5) is 0 Å². The van der Waals surface area contributed by atoms with E-state index >= 15 is 0 Å². The van der Waals surface area contributed by atoms with Crippen molar-refractivity contribution in [2.75, 3.05) is 25.1 Å². The van der Waals surface area contributed by atoms with Gasteiger partial charge in [-0.05, 0) is 36.5 Å². The van der Waals surface area contributed by atoms with E-state index in [1.54, 1.807) is 11.8 Å². The highest BCUT2D eigenvalue weighted by Gasteiger charge is 2.35. The molecule has 0 aliphatic carbocycles. The van der Waals surface area contributed by atoms with Crippen molar-refractivity contribution < 1.29 is 9.59 Å². The maximum Gasteiger partial charge on any atom is 0.226 e. The van der Waals surface area contributed by atoms with E-state index in [2.05, 4.69) is 35.4 Å². The molecule has 7 heteroatoms. The summed E-state index contributed by atoms with van der Waals surface area (Å²) in [5.74, 6) is 1.85. The van der Waals surface area contributed by atoms with Crippen LogP contribution in [-0.2, 0) is 9.59 Å². The van der Waals surface area contributed by atoms with Crippen LogP contribution in [0.1, 0.15) is 38.6 Å². The van der Waals surface area contributed by atoms with Crippen LogP contribution < -0.4 is 5.32 Å². The van der Waals surface area contributed by atoms with E-state index < -0.39 is 0 Å². The molecule has 27 heavy (non-hydrogen) atoms. The van der Waals surface area contributed by atoms with E-state index in [4.69, 9.17) is 0 Å². The topological polar surface area (TPSA) is 78.1 Å². The third-order valence-corrected chi connectivity index (χ3v) is 5.48. The largest absolute Gasteiger partial charge is 0.346 e. The van der Waals surface area contributed by atoms with Gasteiger partial charge in [-0.2, -0.15) is 11.8 Å². The molecule has 1 aliphatic heterocycles. The summed E-state index contributed by atoms with van der Waals surface area (Å²) in [6, 6.07) is 7.69. The van der Waals surface area contributed by atoms with Gasteiger partial charge in [0, 0.05) is 19.5 Å². The van der Waals surface area contributed by atoms with Gasteiger partial charge in [-0.3, -0.25) is 9.59 Å². The zero-order valence-corrected chi connectivity index (χ0v) is 17.0. The number of carbonyl (C=O) groups is 2. The second-order valence-corrected chi connectivity index (χ2v) is 8.56. The Morgan fingerprint density at radius 3 is 2.89 bits per heavy atom. The zero-order valence-electron chi connectivity index (χ0n) is 16.2. The first-order chi connectivity index (χ1) is 13.0. The maximum atomic E-state index is 12.8. The highest BCUT2D eigenvalue weighted by molar-refractivity contribution is 7.98. The van der Waals surface area contributed by atoms with E-state index in [1.165, 1.54) is 0 Å². The van der Waals surface area contributed by atoms with Gasteiger partial charge in [-0.15, -0.1) is 0 Å². The normalized spacial score (nSPS) is 18.4. The number of thioether (sulfide) groups is 1. The van der Waals surface area contributed by atoms with Crippen molar-refractivity contribution in [1.29, 1.82) is 0 Å². The Hall–Kier alpha value is -2.02. The summed E-state index contributed by atoms with van der Waals surface area (Å²) in [5, 5.41) is 3.14. The molecular formula is C20H28N4O2S. The first-order valence-corrected chi connectivity index (χ1v) is 10.9. The summed E-state index contributed by atoms with van der Waals surface area (Å²) < 4.78 is 0. The van der Waals surface area contributed by atoms with E-state index in [9.17, 15) is 9.59 Å². The van der Waals surface area contributed by atoms with E-state index in [0.29, 0.717) is 25.4 Å². The smallest absolute Gasteiger partial charge is 0.226 e. The van der Waals surface area contributed by atoms with E-state index in [0.717, 1.165) is 29.0 Å². The van der Waals surface area contributed by atoms with E-state index in [-0.39, 0.29) is 23.8 Å². The molecule has 0 saturated carbocycles. The van der Waals surface area contributed by atoms with Gasteiger partial charge in [0.2, 0.25) is 11.8 Å². The fourth-order valence-electron chi connectivity index (χ4n) is 3.51. The number of para-hydroxylation sites is 2. The van der Waals surface area contributed by atoms with Crippen molar-refractivity contribution in [3.8, 4) is 0 Å². The van der Waals surface area contributed by atoms with Crippen molar-refractivity contribution in [2.24, 2.45) is 11.8 Å². The third kappa shape index (κ3) is 4.83. The highest BCUT2D eigenvalue weighted by Crippen LogP contribution is 2.23. The van der Waals surface area contributed by atoms with Crippen molar-refractivity contribution >= 4 is 34.6 Å². The second kappa shape index (κ2) is 8.78. The van der Waals surface area contributed by atoms with Crippen LogP contribution in [0.5, 0.6) is 0 Å². The molecule has 2 atom stereocenters. The number of hydrogen-bond donors (Lipinski definition) is 2. The molecule has 2 N–H and O–H groups in total. The van der Waals surface area contributed by atoms with Gasteiger partial charge in [0.1, 0.15) is 5.82 Å². The van der Waals surface area contributed by atoms with Crippen LogP contribution in [0.3, 0.4) is 0 Å². The van der Waals surface area contributed by atoms with Crippen molar-refractivity contribution in [1.82, 2.24) is 20.2 Å². The summed E-state index contributed by atoms with van der Waals surface area (Å²) in [6.45, 7) is 5.39. The number of nitrogens with one attached hydrogen (secondary N) is 2. The molecular weight excluding hydrogens is 360 g/mol. The molecule has 1 aromatic heterocycles. The predicted molar refractivity (Wildman–Crippen MR) is 110 cm³/mol.